The fraction of sp³-hybridized carbons (Fsp3) is 0.222. The first-order valence-electron chi connectivity index (χ1n) is 3.55. The van der Waals surface area contributed by atoms with Gasteiger partial charge in [-0.2, -0.15) is 5.10 Å². The Hall–Kier alpha value is -1.31. The van der Waals surface area contributed by atoms with Crippen LogP contribution < -0.4 is 5.84 Å². The van der Waals surface area contributed by atoms with Crippen LogP contribution in [0.1, 0.15) is 18.1 Å². The van der Waals surface area contributed by atoms with Crippen LogP contribution in [-0.4, -0.2) is 5.71 Å². The van der Waals surface area contributed by atoms with Crippen LogP contribution in [0.5, 0.6) is 0 Å². The molecule has 0 bridgehead atoms. The van der Waals surface area contributed by atoms with Crippen molar-refractivity contribution in [2.24, 2.45) is 10.9 Å². The number of aryl methyl sites for hydroxylation is 1. The van der Waals surface area contributed by atoms with Gasteiger partial charge in [-0.15, -0.1) is 0 Å². The quantitative estimate of drug-likeness (QED) is 0.367. The third-order valence-electron chi connectivity index (χ3n) is 1.66. The molecular formula is C9H12N2. The van der Waals surface area contributed by atoms with Crippen LogP contribution in [0.15, 0.2) is 29.4 Å². The summed E-state index contributed by atoms with van der Waals surface area (Å²) in [5.74, 6) is 5.13. The van der Waals surface area contributed by atoms with Crippen molar-refractivity contribution in [2.75, 3.05) is 0 Å². The zero-order valence-electron chi connectivity index (χ0n) is 6.83. The Morgan fingerprint density at radius 1 is 1.27 bits per heavy atom. The summed E-state index contributed by atoms with van der Waals surface area (Å²) in [6.07, 6.45) is 0. The Bertz CT molecular complexity index is 259. The van der Waals surface area contributed by atoms with E-state index in [0.717, 1.165) is 11.3 Å². The van der Waals surface area contributed by atoms with Gasteiger partial charge in [0.1, 0.15) is 0 Å². The molecule has 0 saturated carbocycles. The maximum Gasteiger partial charge on any atom is 0.0641 e. The van der Waals surface area contributed by atoms with Crippen LogP contribution in [0, 0.1) is 6.92 Å². The third kappa shape index (κ3) is 1.80. The summed E-state index contributed by atoms with van der Waals surface area (Å²) in [5, 5.41) is 3.61. The molecule has 0 aliphatic carbocycles. The first kappa shape index (κ1) is 7.79. The zero-order chi connectivity index (χ0) is 8.27. The Morgan fingerprint density at radius 2 is 1.82 bits per heavy atom. The van der Waals surface area contributed by atoms with Gasteiger partial charge in [0.25, 0.3) is 0 Å². The highest BCUT2D eigenvalue weighted by Gasteiger charge is 1.93. The number of benzene rings is 1. The second kappa shape index (κ2) is 3.19. The molecule has 0 aliphatic rings. The molecule has 0 saturated heterocycles. The van der Waals surface area contributed by atoms with Crippen LogP contribution in [0.4, 0.5) is 0 Å². The lowest BCUT2D eigenvalue weighted by Gasteiger charge is -1.98. The molecule has 0 unspecified atom stereocenters. The molecule has 0 radical (unpaired) electrons. The number of hydrogen-bond acceptors (Lipinski definition) is 2. The molecule has 0 atom stereocenters. The Kier molecular flexibility index (Phi) is 2.26. The SMILES string of the molecule is CC(=NN)c1ccc(C)cc1. The molecule has 0 spiro atoms. The second-order valence-corrected chi connectivity index (χ2v) is 2.58. The monoisotopic (exact) mass is 148 g/mol. The van der Waals surface area contributed by atoms with Gasteiger partial charge in [0.15, 0.2) is 0 Å². The topological polar surface area (TPSA) is 38.4 Å². The van der Waals surface area contributed by atoms with E-state index >= 15 is 0 Å². The van der Waals surface area contributed by atoms with Crippen molar-refractivity contribution in [3.8, 4) is 0 Å². The normalized spacial score (nSPS) is 11.6. The van der Waals surface area contributed by atoms with Crippen LogP contribution >= 0.6 is 0 Å². The highest BCUT2D eigenvalue weighted by Crippen LogP contribution is 2.03. The molecule has 2 heteroatoms. The number of nitrogens with two attached hydrogens (primary N) is 1. The molecule has 2 N–H and O–H groups in total. The lowest BCUT2D eigenvalue weighted by molar-refractivity contribution is 1.24. The van der Waals surface area contributed by atoms with Crippen molar-refractivity contribution >= 4 is 5.71 Å². The van der Waals surface area contributed by atoms with Gasteiger partial charge in [-0.05, 0) is 19.4 Å². The maximum atomic E-state index is 5.13. The Morgan fingerprint density at radius 3 is 2.27 bits per heavy atom. The number of hydrogen-bond donors (Lipinski definition) is 1. The van der Waals surface area contributed by atoms with Gasteiger partial charge in [-0.25, -0.2) is 0 Å². The average Bonchev–Trinajstić information content (AvgIpc) is 2.05. The zero-order valence-corrected chi connectivity index (χ0v) is 6.83. The predicted molar refractivity (Wildman–Crippen MR) is 47.6 cm³/mol. The minimum atomic E-state index is 0.866. The molecule has 1 rings (SSSR count). The van der Waals surface area contributed by atoms with E-state index in [4.69, 9.17) is 5.84 Å². The molecule has 1 aromatic rings. The molecule has 0 aliphatic heterocycles. The molecule has 0 heterocycles. The minimum absolute atomic E-state index is 0.866. The van der Waals surface area contributed by atoms with Crippen molar-refractivity contribution in [3.63, 3.8) is 0 Å². The van der Waals surface area contributed by atoms with Gasteiger partial charge in [0.2, 0.25) is 0 Å². The van der Waals surface area contributed by atoms with Gasteiger partial charge < -0.3 is 5.84 Å². The highest BCUT2D eigenvalue weighted by atomic mass is 15.1. The fourth-order valence-corrected chi connectivity index (χ4v) is 0.869. The molecule has 58 valence electrons. The molecular weight excluding hydrogens is 136 g/mol. The van der Waals surface area contributed by atoms with E-state index < -0.39 is 0 Å². The minimum Gasteiger partial charge on any atom is -0.323 e. The van der Waals surface area contributed by atoms with Crippen molar-refractivity contribution in [2.45, 2.75) is 13.8 Å². The molecule has 0 amide bonds. The van der Waals surface area contributed by atoms with Crippen molar-refractivity contribution in [1.82, 2.24) is 0 Å². The second-order valence-electron chi connectivity index (χ2n) is 2.58. The first-order chi connectivity index (χ1) is 5.24. The number of nitrogens with zero attached hydrogens (tertiary/aromatic N) is 1. The maximum absolute atomic E-state index is 5.13. The van der Waals surface area contributed by atoms with Gasteiger partial charge in [0, 0.05) is 0 Å². The number of rotatable bonds is 1. The summed E-state index contributed by atoms with van der Waals surface area (Å²) in [4.78, 5) is 0. The molecule has 2 nitrogen and oxygen atoms in total. The van der Waals surface area contributed by atoms with E-state index in [0.29, 0.717) is 0 Å². The summed E-state index contributed by atoms with van der Waals surface area (Å²) in [7, 11) is 0. The van der Waals surface area contributed by atoms with Crippen molar-refractivity contribution in [1.29, 1.82) is 0 Å². The van der Waals surface area contributed by atoms with Gasteiger partial charge >= 0.3 is 0 Å². The third-order valence-corrected chi connectivity index (χ3v) is 1.66. The van der Waals surface area contributed by atoms with E-state index in [-0.39, 0.29) is 0 Å². The van der Waals surface area contributed by atoms with Crippen LogP contribution in [0.3, 0.4) is 0 Å². The summed E-state index contributed by atoms with van der Waals surface area (Å²) < 4.78 is 0. The summed E-state index contributed by atoms with van der Waals surface area (Å²) in [6.45, 7) is 3.95. The summed E-state index contributed by atoms with van der Waals surface area (Å²) in [6, 6.07) is 8.12. The number of hydrazone groups is 1. The fourth-order valence-electron chi connectivity index (χ4n) is 0.869. The predicted octanol–water partition coefficient (Wildman–Crippen LogP) is 1.68. The summed E-state index contributed by atoms with van der Waals surface area (Å²) >= 11 is 0. The van der Waals surface area contributed by atoms with Crippen molar-refractivity contribution < 1.29 is 0 Å². The Labute approximate surface area is 66.7 Å². The van der Waals surface area contributed by atoms with Crippen molar-refractivity contribution in [3.05, 3.63) is 35.4 Å². The highest BCUT2D eigenvalue weighted by molar-refractivity contribution is 5.98. The van der Waals surface area contributed by atoms with Gasteiger partial charge in [-0.1, -0.05) is 29.8 Å². The molecule has 0 aromatic heterocycles. The van der Waals surface area contributed by atoms with Crippen LogP contribution in [0.25, 0.3) is 0 Å². The lowest BCUT2D eigenvalue weighted by Crippen LogP contribution is -1.97. The Balaban J connectivity index is 2.99. The van der Waals surface area contributed by atoms with E-state index in [9.17, 15) is 0 Å². The van der Waals surface area contributed by atoms with E-state index in [2.05, 4.69) is 12.0 Å². The lowest BCUT2D eigenvalue weighted by atomic mass is 10.1. The summed E-state index contributed by atoms with van der Waals surface area (Å²) in [5.41, 5.74) is 3.20. The van der Waals surface area contributed by atoms with E-state index in [1.165, 1.54) is 5.56 Å². The van der Waals surface area contributed by atoms with E-state index in [1.54, 1.807) is 0 Å². The molecule has 1 aromatic carbocycles. The largest absolute Gasteiger partial charge is 0.323 e. The standard InChI is InChI=1S/C9H12N2/c1-7-3-5-9(6-4-7)8(2)11-10/h3-6H,10H2,1-2H3. The van der Waals surface area contributed by atoms with Crippen LogP contribution in [0.2, 0.25) is 0 Å². The first-order valence-corrected chi connectivity index (χ1v) is 3.55. The molecule has 0 fully saturated rings. The van der Waals surface area contributed by atoms with Gasteiger partial charge in [0.05, 0.1) is 5.71 Å². The van der Waals surface area contributed by atoms with E-state index in [1.807, 2.05) is 31.2 Å². The molecule has 11 heavy (non-hydrogen) atoms. The average molecular weight is 148 g/mol. The van der Waals surface area contributed by atoms with Crippen LogP contribution in [-0.2, 0) is 0 Å². The van der Waals surface area contributed by atoms with Gasteiger partial charge in [-0.3, -0.25) is 0 Å². The smallest absolute Gasteiger partial charge is 0.0641 e.